The molecule has 0 unspecified atom stereocenters. The summed E-state index contributed by atoms with van der Waals surface area (Å²) in [5.74, 6) is 2.53. The topological polar surface area (TPSA) is 51.8 Å². The molecule has 6 heteroatoms. The molecule has 0 bridgehead atoms. The zero-order valence-electron chi connectivity index (χ0n) is 15.5. The minimum Gasteiger partial charge on any atom is -0.330 e. The summed E-state index contributed by atoms with van der Waals surface area (Å²) >= 11 is 0. The van der Waals surface area contributed by atoms with Gasteiger partial charge in [0.2, 0.25) is 0 Å². The maximum Gasteiger partial charge on any atom is 0.152 e. The second-order valence-corrected chi connectivity index (χ2v) is 7.33. The third kappa shape index (κ3) is 3.70. The number of aromatic nitrogens is 5. The Morgan fingerprint density at radius 2 is 2.12 bits per heavy atom. The predicted molar refractivity (Wildman–Crippen MR) is 101 cm³/mol. The number of hydrogen-bond donors (Lipinski definition) is 0. The lowest BCUT2D eigenvalue weighted by Crippen LogP contribution is -2.34. The fourth-order valence-electron chi connectivity index (χ4n) is 3.89. The molecule has 0 aliphatic carbocycles. The highest BCUT2D eigenvalue weighted by molar-refractivity contribution is 5.22. The minimum atomic E-state index is 0.447. The molecule has 0 amide bonds. The van der Waals surface area contributed by atoms with E-state index in [-0.39, 0.29) is 0 Å². The summed E-state index contributed by atoms with van der Waals surface area (Å²) in [5, 5.41) is 8.96. The van der Waals surface area contributed by atoms with Crippen molar-refractivity contribution in [2.24, 2.45) is 7.05 Å². The zero-order valence-corrected chi connectivity index (χ0v) is 15.5. The molecule has 3 heterocycles. The lowest BCUT2D eigenvalue weighted by atomic mass is 9.96. The molecule has 136 valence electrons. The molecule has 3 aromatic rings. The van der Waals surface area contributed by atoms with Crippen molar-refractivity contribution in [2.45, 2.75) is 38.8 Å². The SMILES string of the molecule is Cc1cccc(CN2CCC[C@@H](c3nnc(Cn4ccnc4)n3C)C2)c1. The van der Waals surface area contributed by atoms with Gasteiger partial charge >= 0.3 is 0 Å². The summed E-state index contributed by atoms with van der Waals surface area (Å²) in [7, 11) is 2.08. The van der Waals surface area contributed by atoms with Crippen LogP contribution in [0.2, 0.25) is 0 Å². The van der Waals surface area contributed by atoms with Gasteiger partial charge < -0.3 is 9.13 Å². The fourth-order valence-corrected chi connectivity index (χ4v) is 3.89. The van der Waals surface area contributed by atoms with Crippen LogP contribution < -0.4 is 0 Å². The number of aryl methyl sites for hydroxylation is 1. The van der Waals surface area contributed by atoms with Crippen LogP contribution in [0.25, 0.3) is 0 Å². The first kappa shape index (κ1) is 17.0. The van der Waals surface area contributed by atoms with E-state index in [0.29, 0.717) is 12.5 Å². The monoisotopic (exact) mass is 350 g/mol. The average Bonchev–Trinajstić information content (AvgIpc) is 3.26. The van der Waals surface area contributed by atoms with Crippen LogP contribution in [0.4, 0.5) is 0 Å². The van der Waals surface area contributed by atoms with Gasteiger partial charge in [-0.3, -0.25) is 4.90 Å². The third-order valence-electron chi connectivity index (χ3n) is 5.24. The normalized spacial score (nSPS) is 18.3. The van der Waals surface area contributed by atoms with Gasteiger partial charge in [0.15, 0.2) is 5.82 Å². The Balaban J connectivity index is 1.45. The number of piperidine rings is 1. The maximum atomic E-state index is 4.53. The van der Waals surface area contributed by atoms with Gasteiger partial charge in [-0.2, -0.15) is 0 Å². The molecule has 1 aliphatic rings. The van der Waals surface area contributed by atoms with Crippen LogP contribution in [0, 0.1) is 6.92 Å². The third-order valence-corrected chi connectivity index (χ3v) is 5.24. The predicted octanol–water partition coefficient (Wildman–Crippen LogP) is 2.75. The van der Waals surface area contributed by atoms with Crippen molar-refractivity contribution < 1.29 is 0 Å². The number of nitrogens with zero attached hydrogens (tertiary/aromatic N) is 6. The molecular weight excluding hydrogens is 324 g/mol. The standard InChI is InChI=1S/C20H26N6/c1-16-5-3-6-17(11-16)12-25-9-4-7-18(13-25)20-23-22-19(24(20)2)14-26-10-8-21-15-26/h3,5-6,8,10-11,15,18H,4,7,9,12-14H2,1-2H3/t18-/m1/s1. The first-order valence-electron chi connectivity index (χ1n) is 9.31. The summed E-state index contributed by atoms with van der Waals surface area (Å²) in [5.41, 5.74) is 2.72. The van der Waals surface area contributed by atoms with Gasteiger partial charge in [0.1, 0.15) is 5.82 Å². The number of hydrogen-bond acceptors (Lipinski definition) is 4. The molecule has 4 rings (SSSR count). The van der Waals surface area contributed by atoms with Crippen LogP contribution >= 0.6 is 0 Å². The molecule has 0 N–H and O–H groups in total. The molecular formula is C20H26N6. The average molecular weight is 350 g/mol. The summed E-state index contributed by atoms with van der Waals surface area (Å²) in [4.78, 5) is 6.65. The molecule has 0 radical (unpaired) electrons. The van der Waals surface area contributed by atoms with E-state index in [1.165, 1.54) is 24.0 Å². The molecule has 1 aromatic carbocycles. The Labute approximate surface area is 154 Å². The summed E-state index contributed by atoms with van der Waals surface area (Å²) in [6.45, 7) is 6.08. The number of benzene rings is 1. The van der Waals surface area contributed by atoms with E-state index >= 15 is 0 Å². The van der Waals surface area contributed by atoms with Crippen LogP contribution in [0.5, 0.6) is 0 Å². The van der Waals surface area contributed by atoms with Gasteiger partial charge in [0, 0.05) is 38.4 Å². The largest absolute Gasteiger partial charge is 0.330 e. The minimum absolute atomic E-state index is 0.447. The Hall–Kier alpha value is -2.47. The van der Waals surface area contributed by atoms with Gasteiger partial charge in [-0.05, 0) is 31.9 Å². The first-order valence-corrected chi connectivity index (χ1v) is 9.31. The van der Waals surface area contributed by atoms with Crippen LogP contribution in [0.3, 0.4) is 0 Å². The molecule has 0 spiro atoms. The first-order chi connectivity index (χ1) is 12.7. The highest BCUT2D eigenvalue weighted by Crippen LogP contribution is 2.27. The van der Waals surface area contributed by atoms with Crippen molar-refractivity contribution in [3.8, 4) is 0 Å². The smallest absolute Gasteiger partial charge is 0.152 e. The molecule has 26 heavy (non-hydrogen) atoms. The van der Waals surface area contributed by atoms with Crippen molar-refractivity contribution in [1.29, 1.82) is 0 Å². The van der Waals surface area contributed by atoms with Gasteiger partial charge in [-0.25, -0.2) is 4.98 Å². The van der Waals surface area contributed by atoms with Gasteiger partial charge in [0.05, 0.1) is 12.9 Å². The van der Waals surface area contributed by atoms with E-state index in [4.69, 9.17) is 0 Å². The summed E-state index contributed by atoms with van der Waals surface area (Å²) < 4.78 is 4.19. The van der Waals surface area contributed by atoms with E-state index < -0.39 is 0 Å². The fraction of sp³-hybridized carbons (Fsp3) is 0.450. The Morgan fingerprint density at radius 1 is 1.19 bits per heavy atom. The van der Waals surface area contributed by atoms with Crippen LogP contribution in [-0.4, -0.2) is 42.3 Å². The van der Waals surface area contributed by atoms with E-state index in [1.54, 1.807) is 6.20 Å². The number of rotatable bonds is 5. The molecule has 6 nitrogen and oxygen atoms in total. The quantitative estimate of drug-likeness (QED) is 0.710. The summed E-state index contributed by atoms with van der Waals surface area (Å²) in [6, 6.07) is 8.82. The zero-order chi connectivity index (χ0) is 17.9. The van der Waals surface area contributed by atoms with Crippen molar-refractivity contribution in [3.05, 3.63) is 65.8 Å². The van der Waals surface area contributed by atoms with Gasteiger partial charge in [-0.1, -0.05) is 29.8 Å². The summed E-state index contributed by atoms with van der Waals surface area (Å²) in [6.07, 6.45) is 7.96. The van der Waals surface area contributed by atoms with Crippen molar-refractivity contribution >= 4 is 0 Å². The molecule has 1 fully saturated rings. The second kappa shape index (κ2) is 7.41. The lowest BCUT2D eigenvalue weighted by Gasteiger charge is -2.32. The van der Waals surface area contributed by atoms with Crippen molar-refractivity contribution in [2.75, 3.05) is 13.1 Å². The Kier molecular flexibility index (Phi) is 4.84. The molecule has 1 atom stereocenters. The molecule has 0 saturated carbocycles. The van der Waals surface area contributed by atoms with E-state index in [0.717, 1.165) is 31.3 Å². The van der Waals surface area contributed by atoms with Gasteiger partial charge in [0.25, 0.3) is 0 Å². The maximum absolute atomic E-state index is 4.53. The molecule has 1 aliphatic heterocycles. The Morgan fingerprint density at radius 3 is 2.92 bits per heavy atom. The molecule has 2 aromatic heterocycles. The lowest BCUT2D eigenvalue weighted by molar-refractivity contribution is 0.195. The van der Waals surface area contributed by atoms with E-state index in [1.807, 2.05) is 17.1 Å². The number of likely N-dealkylation sites (tertiary alicyclic amines) is 1. The molecule has 1 saturated heterocycles. The van der Waals surface area contributed by atoms with Crippen molar-refractivity contribution in [3.63, 3.8) is 0 Å². The van der Waals surface area contributed by atoms with Crippen molar-refractivity contribution in [1.82, 2.24) is 29.2 Å². The van der Waals surface area contributed by atoms with Gasteiger partial charge in [-0.15, -0.1) is 10.2 Å². The number of imidazole rings is 1. The van der Waals surface area contributed by atoms with E-state index in [2.05, 4.69) is 62.9 Å². The Bertz CT molecular complexity index is 851. The highest BCUT2D eigenvalue weighted by atomic mass is 15.3. The van der Waals surface area contributed by atoms with E-state index in [9.17, 15) is 0 Å². The highest BCUT2D eigenvalue weighted by Gasteiger charge is 2.26. The van der Waals surface area contributed by atoms with Crippen LogP contribution in [0.1, 0.15) is 41.5 Å². The van der Waals surface area contributed by atoms with Crippen LogP contribution in [0.15, 0.2) is 43.0 Å². The second-order valence-electron chi connectivity index (χ2n) is 7.33. The van der Waals surface area contributed by atoms with Crippen LogP contribution in [-0.2, 0) is 20.1 Å².